The molecular weight excluding hydrogens is 238 g/mol. The second-order valence-corrected chi connectivity index (χ2v) is 4.65. The molecule has 0 aliphatic carbocycles. The van der Waals surface area contributed by atoms with Crippen molar-refractivity contribution in [2.75, 3.05) is 11.9 Å². The van der Waals surface area contributed by atoms with Gasteiger partial charge in [0, 0.05) is 18.1 Å². The first-order chi connectivity index (χ1) is 7.90. The lowest BCUT2D eigenvalue weighted by atomic mass is 10.2. The summed E-state index contributed by atoms with van der Waals surface area (Å²) in [6, 6.07) is 10.3. The average Bonchev–Trinajstić information content (AvgIpc) is 2.83. The molecular formula is C13H14ClNS. The summed E-state index contributed by atoms with van der Waals surface area (Å²) < 4.78 is 0. The third kappa shape index (κ3) is 3.00. The van der Waals surface area contributed by atoms with Crippen molar-refractivity contribution in [3.05, 3.63) is 52.2 Å². The SMILES string of the molecule is ClCc1ccccc1NCCc1ccsc1. The summed E-state index contributed by atoms with van der Waals surface area (Å²) in [6.07, 6.45) is 1.06. The number of benzene rings is 1. The lowest BCUT2D eigenvalue weighted by Crippen LogP contribution is -2.05. The molecule has 0 bridgehead atoms. The van der Waals surface area contributed by atoms with Crippen LogP contribution in [0.25, 0.3) is 0 Å². The molecule has 16 heavy (non-hydrogen) atoms. The molecule has 0 radical (unpaired) electrons. The van der Waals surface area contributed by atoms with Crippen molar-refractivity contribution in [2.24, 2.45) is 0 Å². The van der Waals surface area contributed by atoms with Crippen molar-refractivity contribution < 1.29 is 0 Å². The summed E-state index contributed by atoms with van der Waals surface area (Å²) in [7, 11) is 0. The summed E-state index contributed by atoms with van der Waals surface area (Å²) in [5.41, 5.74) is 3.70. The van der Waals surface area contributed by atoms with Crippen LogP contribution >= 0.6 is 22.9 Å². The highest BCUT2D eigenvalue weighted by Crippen LogP contribution is 2.17. The third-order valence-corrected chi connectivity index (χ3v) is 3.49. The molecule has 0 aliphatic heterocycles. The quantitative estimate of drug-likeness (QED) is 0.788. The number of hydrogen-bond acceptors (Lipinski definition) is 2. The fourth-order valence-electron chi connectivity index (χ4n) is 1.59. The molecule has 0 unspecified atom stereocenters. The van der Waals surface area contributed by atoms with Crippen LogP contribution in [-0.2, 0) is 12.3 Å². The summed E-state index contributed by atoms with van der Waals surface area (Å²) in [6.45, 7) is 0.949. The van der Waals surface area contributed by atoms with E-state index in [1.165, 1.54) is 5.56 Å². The van der Waals surface area contributed by atoms with Gasteiger partial charge >= 0.3 is 0 Å². The van der Waals surface area contributed by atoms with E-state index < -0.39 is 0 Å². The highest BCUT2D eigenvalue weighted by molar-refractivity contribution is 7.07. The van der Waals surface area contributed by atoms with E-state index >= 15 is 0 Å². The largest absolute Gasteiger partial charge is 0.384 e. The second kappa shape index (κ2) is 5.92. The molecule has 0 aliphatic rings. The molecule has 0 fully saturated rings. The topological polar surface area (TPSA) is 12.0 Å². The predicted molar refractivity (Wildman–Crippen MR) is 72.5 cm³/mol. The number of rotatable bonds is 5. The Balaban J connectivity index is 1.89. The summed E-state index contributed by atoms with van der Waals surface area (Å²) >= 11 is 7.62. The normalized spacial score (nSPS) is 10.3. The van der Waals surface area contributed by atoms with Gasteiger partial charge in [-0.15, -0.1) is 11.6 Å². The van der Waals surface area contributed by atoms with Crippen molar-refractivity contribution in [3.8, 4) is 0 Å². The maximum Gasteiger partial charge on any atom is 0.0494 e. The van der Waals surface area contributed by atoms with Crippen molar-refractivity contribution in [1.82, 2.24) is 0 Å². The highest BCUT2D eigenvalue weighted by atomic mass is 35.5. The fourth-order valence-corrected chi connectivity index (χ4v) is 2.52. The van der Waals surface area contributed by atoms with Gasteiger partial charge in [0.2, 0.25) is 0 Å². The van der Waals surface area contributed by atoms with Crippen LogP contribution in [0.3, 0.4) is 0 Å². The van der Waals surface area contributed by atoms with E-state index in [0.29, 0.717) is 5.88 Å². The van der Waals surface area contributed by atoms with Crippen LogP contribution < -0.4 is 5.32 Å². The van der Waals surface area contributed by atoms with Gasteiger partial charge in [-0.25, -0.2) is 0 Å². The Morgan fingerprint density at radius 3 is 2.81 bits per heavy atom. The Morgan fingerprint density at radius 1 is 1.19 bits per heavy atom. The number of halogens is 1. The van der Waals surface area contributed by atoms with Crippen LogP contribution in [0.15, 0.2) is 41.1 Å². The maximum absolute atomic E-state index is 5.87. The molecule has 1 heterocycles. The Hall–Kier alpha value is -0.990. The van der Waals surface area contributed by atoms with Gasteiger partial charge in [0.1, 0.15) is 0 Å². The van der Waals surface area contributed by atoms with Crippen molar-refractivity contribution in [3.63, 3.8) is 0 Å². The average molecular weight is 252 g/mol. The molecule has 0 spiro atoms. The number of alkyl halides is 1. The summed E-state index contributed by atoms with van der Waals surface area (Å²) in [5, 5.41) is 7.73. The standard InChI is InChI=1S/C13H14ClNS/c14-9-12-3-1-2-4-13(12)15-7-5-11-6-8-16-10-11/h1-4,6,8,10,15H,5,7,9H2. The number of para-hydroxylation sites is 1. The van der Waals surface area contributed by atoms with E-state index in [1.807, 2.05) is 12.1 Å². The monoisotopic (exact) mass is 251 g/mol. The van der Waals surface area contributed by atoms with E-state index in [-0.39, 0.29) is 0 Å². The molecule has 1 aromatic carbocycles. The van der Waals surface area contributed by atoms with Gasteiger partial charge in [0.15, 0.2) is 0 Å². The van der Waals surface area contributed by atoms with E-state index in [9.17, 15) is 0 Å². The second-order valence-electron chi connectivity index (χ2n) is 3.60. The van der Waals surface area contributed by atoms with Crippen LogP contribution in [-0.4, -0.2) is 6.54 Å². The Bertz CT molecular complexity index is 425. The number of hydrogen-bond donors (Lipinski definition) is 1. The zero-order valence-electron chi connectivity index (χ0n) is 8.95. The number of thiophene rings is 1. The van der Waals surface area contributed by atoms with Gasteiger partial charge in [0.05, 0.1) is 0 Å². The van der Waals surface area contributed by atoms with Gasteiger partial charge in [-0.2, -0.15) is 11.3 Å². The Morgan fingerprint density at radius 2 is 2.06 bits per heavy atom. The van der Waals surface area contributed by atoms with Gasteiger partial charge in [0.25, 0.3) is 0 Å². The molecule has 2 aromatic rings. The molecule has 2 rings (SSSR count). The minimum atomic E-state index is 0.557. The number of nitrogens with one attached hydrogen (secondary N) is 1. The van der Waals surface area contributed by atoms with Crippen molar-refractivity contribution in [1.29, 1.82) is 0 Å². The predicted octanol–water partition coefficient (Wildman–Crippen LogP) is 4.14. The zero-order chi connectivity index (χ0) is 11.2. The Labute approximate surface area is 105 Å². The summed E-state index contributed by atoms with van der Waals surface area (Å²) in [5.74, 6) is 0.557. The molecule has 1 nitrogen and oxygen atoms in total. The molecule has 0 atom stereocenters. The zero-order valence-corrected chi connectivity index (χ0v) is 10.5. The third-order valence-electron chi connectivity index (χ3n) is 2.47. The Kier molecular flexibility index (Phi) is 4.25. The molecule has 0 amide bonds. The van der Waals surface area contributed by atoms with Crippen LogP contribution in [0.2, 0.25) is 0 Å². The van der Waals surface area contributed by atoms with Crippen LogP contribution in [0.4, 0.5) is 5.69 Å². The lowest BCUT2D eigenvalue weighted by Gasteiger charge is -2.09. The van der Waals surface area contributed by atoms with Crippen molar-refractivity contribution >= 4 is 28.6 Å². The molecule has 3 heteroatoms. The van der Waals surface area contributed by atoms with E-state index in [1.54, 1.807) is 11.3 Å². The minimum Gasteiger partial charge on any atom is -0.384 e. The first-order valence-corrected chi connectivity index (χ1v) is 6.76. The first kappa shape index (κ1) is 11.5. The molecule has 0 saturated heterocycles. The van der Waals surface area contributed by atoms with Crippen LogP contribution in [0, 0.1) is 0 Å². The van der Waals surface area contributed by atoms with Gasteiger partial charge in [-0.05, 0) is 40.4 Å². The number of anilines is 1. The molecule has 0 saturated carbocycles. The lowest BCUT2D eigenvalue weighted by molar-refractivity contribution is 1.02. The van der Waals surface area contributed by atoms with Gasteiger partial charge in [-0.3, -0.25) is 0 Å². The maximum atomic E-state index is 5.87. The van der Waals surface area contributed by atoms with Gasteiger partial charge in [-0.1, -0.05) is 18.2 Å². The highest BCUT2D eigenvalue weighted by Gasteiger charge is 1.99. The van der Waals surface area contributed by atoms with Crippen LogP contribution in [0.5, 0.6) is 0 Å². The molecule has 1 N–H and O–H groups in total. The van der Waals surface area contributed by atoms with E-state index in [4.69, 9.17) is 11.6 Å². The van der Waals surface area contributed by atoms with Crippen molar-refractivity contribution in [2.45, 2.75) is 12.3 Å². The van der Waals surface area contributed by atoms with E-state index in [0.717, 1.165) is 24.2 Å². The minimum absolute atomic E-state index is 0.557. The summed E-state index contributed by atoms with van der Waals surface area (Å²) in [4.78, 5) is 0. The molecule has 1 aromatic heterocycles. The fraction of sp³-hybridized carbons (Fsp3) is 0.231. The van der Waals surface area contributed by atoms with Crippen LogP contribution in [0.1, 0.15) is 11.1 Å². The first-order valence-electron chi connectivity index (χ1n) is 5.29. The smallest absolute Gasteiger partial charge is 0.0494 e. The molecule has 84 valence electrons. The van der Waals surface area contributed by atoms with Gasteiger partial charge < -0.3 is 5.32 Å². The van der Waals surface area contributed by atoms with E-state index in [2.05, 4.69) is 34.3 Å².